The maximum atomic E-state index is 13.3. The van der Waals surface area contributed by atoms with Gasteiger partial charge in [-0.05, 0) is 55.5 Å². The Balaban J connectivity index is 1.69. The smallest absolute Gasteiger partial charge is 0.273 e. The Hall–Kier alpha value is -2.77. The van der Waals surface area contributed by atoms with Gasteiger partial charge in [0.15, 0.2) is 5.78 Å². The molecule has 30 heavy (non-hydrogen) atoms. The monoisotopic (exact) mass is 442 g/mol. The number of carbonyl (C=O) groups excluding carboxylic acids is 4. The Kier molecular flexibility index (Phi) is 5.58. The Morgan fingerprint density at radius 3 is 2.50 bits per heavy atom. The number of allylic oxidation sites excluding steroid dienone is 2. The van der Waals surface area contributed by atoms with Crippen LogP contribution in [0, 0.1) is 11.8 Å². The lowest BCUT2D eigenvalue weighted by molar-refractivity contribution is -0.154. The van der Waals surface area contributed by atoms with E-state index in [0.717, 1.165) is 15.6 Å². The Morgan fingerprint density at radius 1 is 1.13 bits per heavy atom. The minimum Gasteiger partial charge on any atom is -0.291 e. The molecule has 2 heterocycles. The summed E-state index contributed by atoms with van der Waals surface area (Å²) in [5.41, 5.74) is 1.28. The van der Waals surface area contributed by atoms with E-state index < -0.39 is 36.1 Å². The molecule has 1 aliphatic heterocycles. The zero-order valence-electron chi connectivity index (χ0n) is 16.2. The molecule has 6 nitrogen and oxygen atoms in total. The van der Waals surface area contributed by atoms with E-state index in [0.29, 0.717) is 22.7 Å². The van der Waals surface area contributed by atoms with Crippen LogP contribution in [0.15, 0.2) is 53.4 Å². The van der Waals surface area contributed by atoms with Crippen molar-refractivity contribution in [1.29, 1.82) is 0 Å². The fourth-order valence-corrected chi connectivity index (χ4v) is 4.67. The zero-order chi connectivity index (χ0) is 21.4. The highest BCUT2D eigenvalue weighted by Gasteiger charge is 2.51. The molecular formula is C22H19ClN2O4S. The lowest BCUT2D eigenvalue weighted by Crippen LogP contribution is -2.52. The van der Waals surface area contributed by atoms with Crippen molar-refractivity contribution >= 4 is 46.4 Å². The quantitative estimate of drug-likeness (QED) is 0.398. The number of rotatable bonds is 5. The minimum atomic E-state index is -0.596. The Labute approximate surface area is 182 Å². The molecule has 0 unspecified atom stereocenters. The lowest BCUT2D eigenvalue weighted by atomic mass is 9.82. The van der Waals surface area contributed by atoms with Crippen molar-refractivity contribution in [2.45, 2.75) is 19.8 Å². The topological polar surface area (TPSA) is 74.8 Å². The predicted octanol–water partition coefficient (Wildman–Crippen LogP) is 3.98. The van der Waals surface area contributed by atoms with Gasteiger partial charge >= 0.3 is 0 Å². The van der Waals surface area contributed by atoms with Crippen molar-refractivity contribution in [3.8, 4) is 0 Å². The van der Waals surface area contributed by atoms with Gasteiger partial charge in [-0.15, -0.1) is 11.3 Å². The van der Waals surface area contributed by atoms with Gasteiger partial charge in [-0.1, -0.05) is 29.3 Å². The number of benzene rings is 1. The third-order valence-electron chi connectivity index (χ3n) is 5.46. The highest BCUT2D eigenvalue weighted by molar-refractivity contribution is 7.12. The second-order valence-electron chi connectivity index (χ2n) is 7.46. The van der Waals surface area contributed by atoms with E-state index >= 15 is 0 Å². The van der Waals surface area contributed by atoms with Crippen molar-refractivity contribution < 1.29 is 19.2 Å². The molecule has 0 saturated carbocycles. The van der Waals surface area contributed by atoms with Crippen LogP contribution >= 0.6 is 22.9 Å². The average molecular weight is 443 g/mol. The molecule has 0 bridgehead atoms. The molecule has 2 aliphatic rings. The van der Waals surface area contributed by atoms with E-state index in [2.05, 4.69) is 0 Å². The number of hydrogen-bond acceptors (Lipinski definition) is 5. The normalized spacial score (nSPS) is 20.7. The number of fused-ring (bicyclic) bond motifs is 1. The zero-order valence-corrected chi connectivity index (χ0v) is 17.8. The molecule has 8 heteroatoms. The Bertz CT molecular complexity index is 1050. The van der Waals surface area contributed by atoms with E-state index in [1.54, 1.807) is 29.6 Å². The van der Waals surface area contributed by atoms with Crippen LogP contribution in [0.5, 0.6) is 0 Å². The molecule has 2 aromatic rings. The number of carbonyl (C=O) groups is 4. The van der Waals surface area contributed by atoms with Gasteiger partial charge in [0.05, 0.1) is 16.7 Å². The average Bonchev–Trinajstić information content (AvgIpc) is 3.34. The first-order valence-electron chi connectivity index (χ1n) is 9.54. The number of Topliss-reactive ketones (excluding diaryl/α,β-unsaturated/α-hetero) is 1. The van der Waals surface area contributed by atoms with Crippen LogP contribution in [-0.2, 0) is 9.59 Å². The highest BCUT2D eigenvalue weighted by atomic mass is 35.5. The lowest BCUT2D eigenvalue weighted by Gasteiger charge is -2.30. The van der Waals surface area contributed by atoms with Crippen LogP contribution in [0.2, 0.25) is 5.02 Å². The van der Waals surface area contributed by atoms with Gasteiger partial charge in [-0.25, -0.2) is 5.01 Å². The number of hydrogen-bond donors (Lipinski definition) is 0. The predicted molar refractivity (Wildman–Crippen MR) is 113 cm³/mol. The molecule has 1 saturated heterocycles. The van der Waals surface area contributed by atoms with Gasteiger partial charge in [-0.2, -0.15) is 5.01 Å². The summed E-state index contributed by atoms with van der Waals surface area (Å²) in [5.74, 6) is -2.80. The summed E-state index contributed by atoms with van der Waals surface area (Å²) >= 11 is 7.16. The summed E-state index contributed by atoms with van der Waals surface area (Å²) in [6, 6.07) is 9.51. The van der Waals surface area contributed by atoms with Crippen LogP contribution in [0.1, 0.15) is 39.8 Å². The molecule has 1 aliphatic carbocycles. The van der Waals surface area contributed by atoms with Crippen molar-refractivity contribution in [3.05, 3.63) is 68.9 Å². The third-order valence-corrected chi connectivity index (χ3v) is 6.62. The molecule has 1 aromatic carbocycles. The molecule has 0 N–H and O–H groups in total. The summed E-state index contributed by atoms with van der Waals surface area (Å²) in [5, 5.41) is 4.09. The molecule has 3 amide bonds. The van der Waals surface area contributed by atoms with Crippen molar-refractivity contribution in [3.63, 3.8) is 0 Å². The second-order valence-corrected chi connectivity index (χ2v) is 8.85. The van der Waals surface area contributed by atoms with Crippen LogP contribution < -0.4 is 0 Å². The van der Waals surface area contributed by atoms with Gasteiger partial charge in [0.25, 0.3) is 17.7 Å². The van der Waals surface area contributed by atoms with Gasteiger partial charge in [0.1, 0.15) is 6.54 Å². The maximum absolute atomic E-state index is 13.3. The molecule has 1 fully saturated rings. The number of amides is 3. The van der Waals surface area contributed by atoms with Crippen molar-refractivity contribution in [1.82, 2.24) is 10.0 Å². The van der Waals surface area contributed by atoms with E-state index in [1.165, 1.54) is 23.5 Å². The number of nitrogens with zero attached hydrogens (tertiary/aromatic N) is 2. The first kappa shape index (κ1) is 20.5. The highest BCUT2D eigenvalue weighted by Crippen LogP contribution is 2.38. The number of thiophene rings is 1. The van der Waals surface area contributed by atoms with Crippen LogP contribution in [0.3, 0.4) is 0 Å². The second kappa shape index (κ2) is 8.16. The maximum Gasteiger partial charge on any atom is 0.273 e. The van der Waals surface area contributed by atoms with Crippen molar-refractivity contribution in [2.24, 2.45) is 11.8 Å². The van der Waals surface area contributed by atoms with Crippen molar-refractivity contribution in [2.75, 3.05) is 6.54 Å². The standard InChI is InChI=1S/C22H19ClN2O4S/c1-13-4-9-16-17(11-13)22(29)25(21(16)28)24(12-18(26)19-3-2-10-30-19)20(27)14-5-7-15(23)8-6-14/h2-8,10,16-17H,9,11-12H2,1H3/t16-,17-/m1/s1. The van der Waals surface area contributed by atoms with Gasteiger partial charge in [0.2, 0.25) is 0 Å². The number of ketones is 1. The summed E-state index contributed by atoms with van der Waals surface area (Å²) in [6.45, 7) is 1.53. The molecular weight excluding hydrogens is 424 g/mol. The van der Waals surface area contributed by atoms with Gasteiger partial charge in [-0.3, -0.25) is 19.2 Å². The van der Waals surface area contributed by atoms with E-state index in [-0.39, 0.29) is 11.3 Å². The van der Waals surface area contributed by atoms with E-state index in [4.69, 9.17) is 11.6 Å². The van der Waals surface area contributed by atoms with Gasteiger partial charge in [0, 0.05) is 10.6 Å². The fraction of sp³-hybridized carbons (Fsp3) is 0.273. The summed E-state index contributed by atoms with van der Waals surface area (Å²) in [4.78, 5) is 52.8. The fourth-order valence-electron chi connectivity index (χ4n) is 3.88. The summed E-state index contributed by atoms with van der Waals surface area (Å²) < 4.78 is 0. The van der Waals surface area contributed by atoms with Crippen LogP contribution in [-0.4, -0.2) is 40.1 Å². The molecule has 0 radical (unpaired) electrons. The molecule has 1 aromatic heterocycles. The molecule has 2 atom stereocenters. The molecule has 0 spiro atoms. The third kappa shape index (κ3) is 3.70. The van der Waals surface area contributed by atoms with E-state index in [9.17, 15) is 19.2 Å². The SMILES string of the molecule is CC1=CC[C@H]2C(=O)N(N(CC(=O)c3cccs3)C(=O)c3ccc(Cl)cc3)C(=O)[C@@H]2C1. The van der Waals surface area contributed by atoms with E-state index in [1.807, 2.05) is 13.0 Å². The molecule has 4 rings (SSSR count). The summed E-state index contributed by atoms with van der Waals surface area (Å²) in [7, 11) is 0. The largest absolute Gasteiger partial charge is 0.291 e. The Morgan fingerprint density at radius 2 is 1.83 bits per heavy atom. The van der Waals surface area contributed by atoms with Crippen LogP contribution in [0.4, 0.5) is 0 Å². The number of halogens is 1. The first-order valence-corrected chi connectivity index (χ1v) is 10.8. The van der Waals surface area contributed by atoms with Crippen LogP contribution in [0.25, 0.3) is 0 Å². The number of imide groups is 1. The minimum absolute atomic E-state index is 0.239. The number of hydrazine groups is 1. The van der Waals surface area contributed by atoms with Gasteiger partial charge < -0.3 is 0 Å². The molecule has 154 valence electrons. The summed E-state index contributed by atoms with van der Waals surface area (Å²) in [6.07, 6.45) is 2.89. The first-order chi connectivity index (χ1) is 14.4.